The zero-order valence-electron chi connectivity index (χ0n) is 11.2. The molecule has 0 fully saturated rings. The van der Waals surface area contributed by atoms with E-state index in [-0.39, 0.29) is 0 Å². The van der Waals surface area contributed by atoms with Gasteiger partial charge in [0.25, 0.3) is 0 Å². The monoisotopic (exact) mass is 268 g/mol. The molecule has 0 saturated carbocycles. The zero-order valence-corrected chi connectivity index (χ0v) is 12.9. The van der Waals surface area contributed by atoms with Crippen LogP contribution in [0.3, 0.4) is 0 Å². The average Bonchev–Trinajstić information content (AvgIpc) is 2.36. The van der Waals surface area contributed by atoms with E-state index in [0.717, 1.165) is 17.4 Å². The van der Waals surface area contributed by atoms with E-state index in [4.69, 9.17) is 0 Å². The first kappa shape index (κ1) is 15.0. The predicted octanol–water partition coefficient (Wildman–Crippen LogP) is 5.22. The lowest BCUT2D eigenvalue weighted by Crippen LogP contribution is -1.96. The van der Waals surface area contributed by atoms with E-state index in [1.807, 2.05) is 11.8 Å². The highest BCUT2D eigenvalue weighted by Crippen LogP contribution is 2.19. The number of hydrogen-bond acceptors (Lipinski definition) is 2. The molecule has 2 heteroatoms. The van der Waals surface area contributed by atoms with Crippen molar-refractivity contribution in [2.75, 3.05) is 11.5 Å². The van der Waals surface area contributed by atoms with Gasteiger partial charge in [0, 0.05) is 11.5 Å². The van der Waals surface area contributed by atoms with Crippen molar-refractivity contribution in [3.8, 4) is 0 Å². The summed E-state index contributed by atoms with van der Waals surface area (Å²) in [5, 5.41) is 0. The van der Waals surface area contributed by atoms with E-state index >= 15 is 0 Å². The molecular weight excluding hydrogens is 244 g/mol. The Morgan fingerprint density at radius 2 is 1.71 bits per heavy atom. The number of rotatable bonds is 8. The van der Waals surface area contributed by atoms with E-state index in [1.165, 1.54) is 29.1 Å². The van der Waals surface area contributed by atoms with Gasteiger partial charge in [0.05, 0.1) is 0 Å². The van der Waals surface area contributed by atoms with Crippen LogP contribution in [-0.4, -0.2) is 11.5 Å². The zero-order chi connectivity index (χ0) is 12.5. The molecule has 1 atom stereocenters. The molecule has 17 heavy (non-hydrogen) atoms. The van der Waals surface area contributed by atoms with E-state index < -0.39 is 0 Å². The van der Waals surface area contributed by atoms with Gasteiger partial charge in [0.2, 0.25) is 0 Å². The van der Waals surface area contributed by atoms with E-state index in [0.29, 0.717) is 0 Å². The van der Waals surface area contributed by atoms with Crippen LogP contribution in [0.15, 0.2) is 24.3 Å². The normalized spacial score (nSPS) is 12.6. The van der Waals surface area contributed by atoms with Gasteiger partial charge in [-0.15, -0.1) is 0 Å². The molecule has 0 aromatic heterocycles. The summed E-state index contributed by atoms with van der Waals surface area (Å²) in [6.07, 6.45) is 1.29. The van der Waals surface area contributed by atoms with Gasteiger partial charge >= 0.3 is 0 Å². The molecule has 96 valence electrons. The SMILES string of the molecule is CCSCc1cccc(CSC[C@H](C)CC)c1. The van der Waals surface area contributed by atoms with Crippen molar-refractivity contribution >= 4 is 23.5 Å². The highest BCUT2D eigenvalue weighted by molar-refractivity contribution is 7.98. The van der Waals surface area contributed by atoms with Crippen molar-refractivity contribution in [1.82, 2.24) is 0 Å². The summed E-state index contributed by atoms with van der Waals surface area (Å²) in [4.78, 5) is 0. The van der Waals surface area contributed by atoms with Crippen LogP contribution in [0, 0.1) is 5.92 Å². The summed E-state index contributed by atoms with van der Waals surface area (Å²) in [6, 6.07) is 9.06. The van der Waals surface area contributed by atoms with Gasteiger partial charge in [-0.05, 0) is 28.6 Å². The van der Waals surface area contributed by atoms with Crippen LogP contribution in [-0.2, 0) is 11.5 Å². The summed E-state index contributed by atoms with van der Waals surface area (Å²) in [5.74, 6) is 5.64. The Labute approximate surface area is 115 Å². The summed E-state index contributed by atoms with van der Waals surface area (Å²) < 4.78 is 0. The first-order valence-corrected chi connectivity index (χ1v) is 8.80. The molecule has 0 amide bonds. The fourth-order valence-electron chi connectivity index (χ4n) is 1.52. The van der Waals surface area contributed by atoms with Gasteiger partial charge in [-0.3, -0.25) is 0 Å². The van der Waals surface area contributed by atoms with Crippen LogP contribution < -0.4 is 0 Å². The van der Waals surface area contributed by atoms with E-state index in [1.54, 1.807) is 0 Å². The van der Waals surface area contributed by atoms with Crippen LogP contribution in [0.1, 0.15) is 38.3 Å². The largest absolute Gasteiger partial charge is 0.157 e. The summed E-state index contributed by atoms with van der Waals surface area (Å²) in [7, 11) is 0. The first-order valence-electron chi connectivity index (χ1n) is 6.49. The smallest absolute Gasteiger partial charge is 0.0184 e. The lowest BCUT2D eigenvalue weighted by molar-refractivity contribution is 0.637. The van der Waals surface area contributed by atoms with Crippen molar-refractivity contribution < 1.29 is 0 Å². The molecule has 0 aliphatic heterocycles. The highest BCUT2D eigenvalue weighted by atomic mass is 32.2. The molecule has 0 N–H and O–H groups in total. The van der Waals surface area contributed by atoms with Gasteiger partial charge in [-0.2, -0.15) is 23.5 Å². The number of hydrogen-bond donors (Lipinski definition) is 0. The molecule has 1 aromatic carbocycles. The fourth-order valence-corrected chi connectivity index (χ4v) is 3.32. The minimum atomic E-state index is 0.846. The molecular formula is C15H24S2. The lowest BCUT2D eigenvalue weighted by Gasteiger charge is -2.08. The average molecular weight is 268 g/mol. The van der Waals surface area contributed by atoms with Crippen LogP contribution in [0.2, 0.25) is 0 Å². The van der Waals surface area contributed by atoms with Crippen molar-refractivity contribution in [3.63, 3.8) is 0 Å². The van der Waals surface area contributed by atoms with Crippen LogP contribution >= 0.6 is 23.5 Å². The molecule has 1 aromatic rings. The second kappa shape index (κ2) is 8.93. The third-order valence-electron chi connectivity index (χ3n) is 2.83. The second-order valence-corrected chi connectivity index (χ2v) is 6.79. The molecule has 0 radical (unpaired) electrons. The Hall–Kier alpha value is -0.0800. The molecule has 0 aliphatic carbocycles. The fraction of sp³-hybridized carbons (Fsp3) is 0.600. The molecule has 1 rings (SSSR count). The molecule has 0 heterocycles. The topological polar surface area (TPSA) is 0 Å². The summed E-state index contributed by atoms with van der Waals surface area (Å²) in [6.45, 7) is 6.83. The summed E-state index contributed by atoms with van der Waals surface area (Å²) >= 11 is 4.06. The van der Waals surface area contributed by atoms with Crippen molar-refractivity contribution in [2.24, 2.45) is 5.92 Å². The second-order valence-electron chi connectivity index (χ2n) is 4.49. The van der Waals surface area contributed by atoms with Gasteiger partial charge in [-0.25, -0.2) is 0 Å². The van der Waals surface area contributed by atoms with Gasteiger partial charge in [0.15, 0.2) is 0 Å². The third-order valence-corrected chi connectivity index (χ3v) is 5.12. The Morgan fingerprint density at radius 3 is 2.29 bits per heavy atom. The van der Waals surface area contributed by atoms with Crippen molar-refractivity contribution in [3.05, 3.63) is 35.4 Å². The maximum absolute atomic E-state index is 2.37. The van der Waals surface area contributed by atoms with Crippen LogP contribution in [0.5, 0.6) is 0 Å². The Balaban J connectivity index is 2.37. The van der Waals surface area contributed by atoms with Crippen molar-refractivity contribution in [1.29, 1.82) is 0 Å². The molecule has 0 bridgehead atoms. The quantitative estimate of drug-likeness (QED) is 0.634. The van der Waals surface area contributed by atoms with E-state index in [2.05, 4.69) is 56.8 Å². The van der Waals surface area contributed by atoms with Crippen LogP contribution in [0.25, 0.3) is 0 Å². The third kappa shape index (κ3) is 6.42. The molecule has 0 saturated heterocycles. The minimum absolute atomic E-state index is 0.846. The maximum atomic E-state index is 2.37. The highest BCUT2D eigenvalue weighted by Gasteiger charge is 2.00. The molecule has 0 aliphatic rings. The van der Waals surface area contributed by atoms with Gasteiger partial charge in [-0.1, -0.05) is 51.5 Å². The molecule has 0 unspecified atom stereocenters. The van der Waals surface area contributed by atoms with Gasteiger partial charge in [0.1, 0.15) is 0 Å². The predicted molar refractivity (Wildman–Crippen MR) is 83.9 cm³/mol. The number of benzene rings is 1. The summed E-state index contributed by atoms with van der Waals surface area (Å²) in [5.41, 5.74) is 2.95. The first-order chi connectivity index (χ1) is 8.26. The van der Waals surface area contributed by atoms with Gasteiger partial charge < -0.3 is 0 Å². The van der Waals surface area contributed by atoms with Crippen LogP contribution in [0.4, 0.5) is 0 Å². The molecule has 0 spiro atoms. The lowest BCUT2D eigenvalue weighted by atomic mass is 10.2. The Morgan fingerprint density at radius 1 is 1.06 bits per heavy atom. The Bertz CT molecular complexity index is 310. The van der Waals surface area contributed by atoms with Crippen molar-refractivity contribution in [2.45, 2.75) is 38.7 Å². The standard InChI is InChI=1S/C15H24S2/c1-4-13(3)10-17-12-15-8-6-7-14(9-15)11-16-5-2/h6-9,13H,4-5,10-12H2,1-3H3/t13-/m1/s1. The molecule has 0 nitrogen and oxygen atoms in total. The van der Waals surface area contributed by atoms with E-state index in [9.17, 15) is 0 Å². The minimum Gasteiger partial charge on any atom is -0.157 e. The maximum Gasteiger partial charge on any atom is 0.0184 e. The number of thioether (sulfide) groups is 2. The Kier molecular flexibility index (Phi) is 7.87.